The van der Waals surface area contributed by atoms with Crippen molar-refractivity contribution in [3.63, 3.8) is 0 Å². The van der Waals surface area contributed by atoms with E-state index in [1.165, 1.54) is 40.2 Å². The molecule has 7 nitrogen and oxygen atoms in total. The number of halogens is 2. The molecule has 1 aliphatic carbocycles. The van der Waals surface area contributed by atoms with Crippen LogP contribution in [0.4, 0.5) is 5.69 Å². The van der Waals surface area contributed by atoms with Gasteiger partial charge in [-0.15, -0.1) is 12.4 Å². The van der Waals surface area contributed by atoms with E-state index < -0.39 is 9.84 Å². The van der Waals surface area contributed by atoms with E-state index in [4.69, 9.17) is 11.6 Å². The number of hydrogen-bond acceptors (Lipinski definition) is 5. The molecule has 0 spiro atoms. The van der Waals surface area contributed by atoms with Crippen LogP contribution in [0.3, 0.4) is 0 Å². The van der Waals surface area contributed by atoms with Crippen molar-refractivity contribution in [2.24, 2.45) is 7.05 Å². The number of carbonyl (C=O) groups is 1. The first kappa shape index (κ1) is 26.7. The molecule has 2 aliphatic rings. The Hall–Kier alpha value is -2.39. The van der Waals surface area contributed by atoms with Crippen molar-refractivity contribution in [3.8, 4) is 0 Å². The smallest absolute Gasteiger partial charge is 0.225 e. The maximum Gasteiger partial charge on any atom is 0.225 e. The van der Waals surface area contributed by atoms with Gasteiger partial charge in [-0.3, -0.25) is 9.48 Å². The summed E-state index contributed by atoms with van der Waals surface area (Å²) in [5.41, 5.74) is 4.46. The van der Waals surface area contributed by atoms with Gasteiger partial charge in [0.1, 0.15) is 4.90 Å². The number of nitrogens with zero attached hydrogens (tertiary/aromatic N) is 2. The van der Waals surface area contributed by atoms with Gasteiger partial charge in [-0.05, 0) is 66.8 Å². The molecule has 10 heteroatoms. The van der Waals surface area contributed by atoms with E-state index in [0.29, 0.717) is 5.69 Å². The standard InChI is InChI=1S/C26H29ClN4O3S.ClH/c1-31-17-22(16-29-31)35(33,34)14-10-24(32)30-21-8-3-18-9-13-28-25(23(18)15-21)26(11-2-12-26)19-4-6-20(27)7-5-19;/h3-8,15-17,25,28H,2,9-14H2,1H3,(H,30,32);1H. The molecule has 0 bridgehead atoms. The van der Waals surface area contributed by atoms with Crippen molar-refractivity contribution in [2.75, 3.05) is 17.6 Å². The molecule has 0 radical (unpaired) electrons. The van der Waals surface area contributed by atoms with Crippen molar-refractivity contribution in [2.45, 2.75) is 48.5 Å². The summed E-state index contributed by atoms with van der Waals surface area (Å²) in [7, 11) is -1.91. The monoisotopic (exact) mass is 548 g/mol. The van der Waals surface area contributed by atoms with Crippen LogP contribution in [0, 0.1) is 0 Å². The molecular weight excluding hydrogens is 519 g/mol. The molecule has 1 atom stereocenters. The van der Waals surface area contributed by atoms with Gasteiger partial charge in [-0.1, -0.05) is 36.2 Å². The highest BCUT2D eigenvalue weighted by Crippen LogP contribution is 2.53. The number of fused-ring (bicyclic) bond motifs is 1. The summed E-state index contributed by atoms with van der Waals surface area (Å²) >= 11 is 6.15. The predicted molar refractivity (Wildman–Crippen MR) is 144 cm³/mol. The molecule has 36 heavy (non-hydrogen) atoms. The Morgan fingerprint density at radius 1 is 1.22 bits per heavy atom. The summed E-state index contributed by atoms with van der Waals surface area (Å²) in [6.45, 7) is 0.908. The average molecular weight is 550 g/mol. The molecule has 3 aromatic rings. The minimum Gasteiger partial charge on any atom is -0.326 e. The molecule has 1 saturated carbocycles. The van der Waals surface area contributed by atoms with Gasteiger partial charge in [0.05, 0.1) is 11.9 Å². The van der Waals surface area contributed by atoms with Crippen LogP contribution in [0.25, 0.3) is 0 Å². The van der Waals surface area contributed by atoms with Gasteiger partial charge < -0.3 is 10.6 Å². The number of aryl methyl sites for hydroxylation is 1. The van der Waals surface area contributed by atoms with Crippen molar-refractivity contribution in [1.82, 2.24) is 15.1 Å². The zero-order valence-electron chi connectivity index (χ0n) is 20.0. The fraction of sp³-hybridized carbons (Fsp3) is 0.385. The number of aromatic nitrogens is 2. The Morgan fingerprint density at radius 3 is 2.61 bits per heavy atom. The number of rotatable bonds is 7. The number of benzene rings is 2. The van der Waals surface area contributed by atoms with E-state index in [2.05, 4.69) is 40.0 Å². The van der Waals surface area contributed by atoms with E-state index in [1.54, 1.807) is 7.05 Å². The minimum atomic E-state index is -3.56. The summed E-state index contributed by atoms with van der Waals surface area (Å²) in [6.07, 6.45) is 6.92. The third-order valence-electron chi connectivity index (χ3n) is 7.34. The van der Waals surface area contributed by atoms with Crippen molar-refractivity contribution in [1.29, 1.82) is 0 Å². The highest BCUT2D eigenvalue weighted by molar-refractivity contribution is 7.91. The summed E-state index contributed by atoms with van der Waals surface area (Å²) in [6, 6.07) is 14.4. The van der Waals surface area contributed by atoms with Gasteiger partial charge in [0.15, 0.2) is 9.84 Å². The first-order valence-corrected chi connectivity index (χ1v) is 13.9. The number of amides is 1. The van der Waals surface area contributed by atoms with Crippen LogP contribution in [0.1, 0.15) is 48.4 Å². The Kier molecular flexibility index (Phi) is 7.80. The third kappa shape index (κ3) is 5.18. The van der Waals surface area contributed by atoms with Gasteiger partial charge >= 0.3 is 0 Å². The van der Waals surface area contributed by atoms with E-state index in [9.17, 15) is 13.2 Å². The molecule has 2 aromatic carbocycles. The predicted octanol–water partition coefficient (Wildman–Crippen LogP) is 4.61. The maximum atomic E-state index is 12.6. The van der Waals surface area contributed by atoms with Gasteiger partial charge in [0, 0.05) is 41.8 Å². The number of nitrogens with one attached hydrogen (secondary N) is 2. The Labute approximate surface area is 222 Å². The summed E-state index contributed by atoms with van der Waals surface area (Å²) < 4.78 is 26.4. The van der Waals surface area contributed by atoms with Gasteiger partial charge in [0.25, 0.3) is 0 Å². The Bertz CT molecular complexity index is 1350. The fourth-order valence-electron chi connectivity index (χ4n) is 5.33. The second-order valence-corrected chi connectivity index (χ2v) is 12.1. The average Bonchev–Trinajstić information content (AvgIpc) is 3.26. The lowest BCUT2D eigenvalue weighted by molar-refractivity contribution is -0.115. The minimum absolute atomic E-state index is 0. The molecule has 192 valence electrons. The van der Waals surface area contributed by atoms with E-state index in [0.717, 1.165) is 30.8 Å². The van der Waals surface area contributed by atoms with Crippen molar-refractivity contribution in [3.05, 3.63) is 76.6 Å². The first-order chi connectivity index (χ1) is 16.8. The van der Waals surface area contributed by atoms with Crippen LogP contribution >= 0.6 is 24.0 Å². The lowest BCUT2D eigenvalue weighted by Gasteiger charge is -2.50. The molecule has 2 N–H and O–H groups in total. The van der Waals surface area contributed by atoms with Crippen LogP contribution < -0.4 is 10.6 Å². The van der Waals surface area contributed by atoms with Gasteiger partial charge in [0.2, 0.25) is 5.91 Å². The molecule has 1 aromatic heterocycles. The highest BCUT2D eigenvalue weighted by Gasteiger charge is 2.47. The molecule has 1 fully saturated rings. The molecule has 1 amide bonds. The molecule has 1 unspecified atom stereocenters. The fourth-order valence-corrected chi connectivity index (χ4v) is 6.67. The zero-order chi connectivity index (χ0) is 24.6. The van der Waals surface area contributed by atoms with Gasteiger partial charge in [-0.2, -0.15) is 5.10 Å². The Morgan fingerprint density at radius 2 is 1.97 bits per heavy atom. The molecule has 0 saturated heterocycles. The molecule has 2 heterocycles. The summed E-state index contributed by atoms with van der Waals surface area (Å²) in [4.78, 5) is 12.8. The topological polar surface area (TPSA) is 93.1 Å². The van der Waals surface area contributed by atoms with Crippen LogP contribution in [0.15, 0.2) is 59.8 Å². The second kappa shape index (κ2) is 10.5. The lowest BCUT2D eigenvalue weighted by Crippen LogP contribution is -2.49. The van der Waals surface area contributed by atoms with Crippen LogP contribution in [-0.2, 0) is 33.5 Å². The molecule has 1 aliphatic heterocycles. The second-order valence-electron chi connectivity index (χ2n) is 9.53. The summed E-state index contributed by atoms with van der Waals surface area (Å²) in [5.74, 6) is -0.590. The highest BCUT2D eigenvalue weighted by atomic mass is 35.5. The van der Waals surface area contributed by atoms with Crippen LogP contribution in [0.5, 0.6) is 0 Å². The van der Waals surface area contributed by atoms with Gasteiger partial charge in [-0.25, -0.2) is 8.42 Å². The lowest BCUT2D eigenvalue weighted by atomic mass is 9.58. The number of sulfone groups is 1. The third-order valence-corrected chi connectivity index (χ3v) is 9.26. The number of carbonyl (C=O) groups excluding carboxylic acids is 1. The van der Waals surface area contributed by atoms with Crippen molar-refractivity contribution < 1.29 is 13.2 Å². The van der Waals surface area contributed by atoms with Crippen molar-refractivity contribution >= 4 is 45.4 Å². The summed E-state index contributed by atoms with van der Waals surface area (Å²) in [5, 5.41) is 11.3. The molecule has 5 rings (SSSR count). The maximum absolute atomic E-state index is 12.6. The van der Waals surface area contributed by atoms with E-state index >= 15 is 0 Å². The SMILES string of the molecule is Cl.Cn1cc(S(=O)(=O)CCC(=O)Nc2ccc3c(c2)C(C2(c4ccc(Cl)cc4)CCC2)NCC3)cn1. The Balaban J connectivity index is 0.00000304. The number of anilines is 1. The van der Waals surface area contributed by atoms with E-state index in [-0.39, 0.29) is 46.8 Å². The van der Waals surface area contributed by atoms with Crippen LogP contribution in [-0.4, -0.2) is 36.4 Å². The molecular formula is C26H30Cl2N4O3S. The quantitative estimate of drug-likeness (QED) is 0.449. The largest absolute Gasteiger partial charge is 0.326 e. The normalized spacial score (nSPS) is 18.4. The first-order valence-electron chi connectivity index (χ1n) is 11.9. The number of hydrogen-bond donors (Lipinski definition) is 2. The zero-order valence-corrected chi connectivity index (χ0v) is 22.4. The van der Waals surface area contributed by atoms with E-state index in [1.807, 2.05) is 18.2 Å². The van der Waals surface area contributed by atoms with Crippen LogP contribution in [0.2, 0.25) is 5.02 Å².